The van der Waals surface area contributed by atoms with Gasteiger partial charge < -0.3 is 13.9 Å². The lowest BCUT2D eigenvalue weighted by atomic mass is 10.0. The molecule has 1 amide bonds. The van der Waals surface area contributed by atoms with Crippen molar-refractivity contribution < 1.29 is 27.1 Å². The Hall–Kier alpha value is -2.67. The Morgan fingerprint density at radius 2 is 2.03 bits per heavy atom. The molecule has 1 fully saturated rings. The summed E-state index contributed by atoms with van der Waals surface area (Å²) in [7, 11) is -3.85. The number of fused-ring (bicyclic) bond motifs is 1. The summed E-state index contributed by atoms with van der Waals surface area (Å²) in [6.07, 6.45) is 2.13. The number of aromatic nitrogens is 2. The molecule has 174 valence electrons. The number of nitrogens with one attached hydrogen (secondary N) is 1. The fourth-order valence-corrected chi connectivity index (χ4v) is 7.06. The molecule has 5 rings (SSSR count). The maximum absolute atomic E-state index is 13.1. The van der Waals surface area contributed by atoms with E-state index in [1.54, 1.807) is 6.07 Å². The van der Waals surface area contributed by atoms with Crippen molar-refractivity contribution in [2.75, 3.05) is 18.7 Å². The second kappa shape index (κ2) is 8.93. The molecule has 1 aromatic carbocycles. The summed E-state index contributed by atoms with van der Waals surface area (Å²) in [5.41, 5.74) is 0.875. The zero-order valence-corrected chi connectivity index (χ0v) is 19.6. The van der Waals surface area contributed by atoms with Crippen molar-refractivity contribution in [3.8, 4) is 11.5 Å². The zero-order valence-electron chi connectivity index (χ0n) is 17.2. The number of thiophene rings is 1. The van der Waals surface area contributed by atoms with E-state index in [1.807, 2.05) is 12.1 Å². The molecule has 0 aliphatic carbocycles. The van der Waals surface area contributed by atoms with Crippen LogP contribution >= 0.6 is 22.9 Å². The minimum absolute atomic E-state index is 0.0853. The van der Waals surface area contributed by atoms with Gasteiger partial charge in [0.25, 0.3) is 10.0 Å². The molecule has 0 bridgehead atoms. The van der Waals surface area contributed by atoms with E-state index in [4.69, 9.17) is 25.5 Å². The second-order valence-electron chi connectivity index (χ2n) is 7.54. The summed E-state index contributed by atoms with van der Waals surface area (Å²) < 4.78 is 44.1. The Balaban J connectivity index is 1.28. The Morgan fingerprint density at radius 3 is 2.85 bits per heavy atom. The standard InChI is InChI=1S/C20H19ClN4O6S2/c21-16-6-7-18(32-16)33(27,28)25-8-2-1-3-13(25)19(26)22-20-24-23-17(31-20)10-12-4-5-14-15(9-12)30-11-29-14/h4-7,9,13H,1-3,8,10-11H2,(H,22,24,26). The van der Waals surface area contributed by atoms with Crippen molar-refractivity contribution in [3.63, 3.8) is 0 Å². The molecule has 2 aliphatic heterocycles. The number of benzene rings is 1. The van der Waals surface area contributed by atoms with Crippen LogP contribution in [0.4, 0.5) is 6.01 Å². The van der Waals surface area contributed by atoms with Crippen LogP contribution < -0.4 is 14.8 Å². The highest BCUT2D eigenvalue weighted by Crippen LogP contribution is 2.34. The van der Waals surface area contributed by atoms with Crippen molar-refractivity contribution in [1.82, 2.24) is 14.5 Å². The minimum atomic E-state index is -3.85. The van der Waals surface area contributed by atoms with Crippen molar-refractivity contribution in [1.29, 1.82) is 0 Å². The average Bonchev–Trinajstić information content (AvgIpc) is 3.55. The van der Waals surface area contributed by atoms with Gasteiger partial charge in [-0.25, -0.2) is 8.42 Å². The van der Waals surface area contributed by atoms with Gasteiger partial charge in [-0.15, -0.1) is 16.4 Å². The quantitative estimate of drug-likeness (QED) is 0.535. The van der Waals surface area contributed by atoms with Crippen LogP contribution in [-0.2, 0) is 21.2 Å². The van der Waals surface area contributed by atoms with Crippen LogP contribution in [-0.4, -0.2) is 48.2 Å². The van der Waals surface area contributed by atoms with Crippen LogP contribution in [0.1, 0.15) is 30.7 Å². The van der Waals surface area contributed by atoms with Gasteiger partial charge in [0.15, 0.2) is 11.5 Å². The third kappa shape index (κ3) is 4.56. The molecule has 2 aliphatic rings. The summed E-state index contributed by atoms with van der Waals surface area (Å²) in [5.74, 6) is 1.10. The minimum Gasteiger partial charge on any atom is -0.454 e. The molecule has 0 radical (unpaired) electrons. The van der Waals surface area contributed by atoms with Crippen LogP contribution in [0.15, 0.2) is 39.0 Å². The van der Waals surface area contributed by atoms with Gasteiger partial charge in [-0.3, -0.25) is 10.1 Å². The number of carbonyl (C=O) groups is 1. The predicted molar refractivity (Wildman–Crippen MR) is 119 cm³/mol. The second-order valence-corrected chi connectivity index (χ2v) is 11.4. The highest BCUT2D eigenvalue weighted by molar-refractivity contribution is 7.91. The fraction of sp³-hybridized carbons (Fsp3) is 0.350. The lowest BCUT2D eigenvalue weighted by Crippen LogP contribution is -2.49. The van der Waals surface area contributed by atoms with E-state index < -0.39 is 22.0 Å². The molecule has 1 saturated heterocycles. The molecule has 1 atom stereocenters. The molecule has 3 aromatic rings. The van der Waals surface area contributed by atoms with Gasteiger partial charge in [0, 0.05) is 6.54 Å². The first-order valence-corrected chi connectivity index (χ1v) is 12.8. The average molecular weight is 511 g/mol. The van der Waals surface area contributed by atoms with Crippen LogP contribution in [0.3, 0.4) is 0 Å². The molecule has 0 spiro atoms. The van der Waals surface area contributed by atoms with E-state index in [9.17, 15) is 13.2 Å². The van der Waals surface area contributed by atoms with Gasteiger partial charge in [0.05, 0.1) is 10.8 Å². The Morgan fingerprint density at radius 1 is 1.18 bits per heavy atom. The predicted octanol–water partition coefficient (Wildman–Crippen LogP) is 3.29. The molecule has 2 aromatic heterocycles. The van der Waals surface area contributed by atoms with Crippen molar-refractivity contribution in [3.05, 3.63) is 46.1 Å². The number of ether oxygens (including phenoxy) is 2. The molecular weight excluding hydrogens is 492 g/mol. The van der Waals surface area contributed by atoms with Crippen LogP contribution in [0, 0.1) is 0 Å². The molecular formula is C20H19ClN4O6S2. The molecule has 33 heavy (non-hydrogen) atoms. The van der Waals surface area contributed by atoms with Gasteiger partial charge in [0.1, 0.15) is 10.3 Å². The monoisotopic (exact) mass is 510 g/mol. The topological polar surface area (TPSA) is 124 Å². The van der Waals surface area contributed by atoms with Crippen LogP contribution in [0.5, 0.6) is 11.5 Å². The summed E-state index contributed by atoms with van der Waals surface area (Å²) >= 11 is 6.88. The number of anilines is 1. The summed E-state index contributed by atoms with van der Waals surface area (Å²) in [5, 5.41) is 10.4. The van der Waals surface area contributed by atoms with E-state index in [-0.39, 0.29) is 23.6 Å². The molecule has 13 heteroatoms. The van der Waals surface area contributed by atoms with Gasteiger partial charge >= 0.3 is 6.01 Å². The molecule has 10 nitrogen and oxygen atoms in total. The number of sulfonamides is 1. The normalized spacial score (nSPS) is 18.4. The molecule has 4 heterocycles. The lowest BCUT2D eigenvalue weighted by molar-refractivity contribution is -0.120. The molecule has 0 saturated carbocycles. The number of rotatable bonds is 6. The fourth-order valence-electron chi connectivity index (χ4n) is 3.80. The Bertz CT molecular complexity index is 1290. The van der Waals surface area contributed by atoms with Crippen LogP contribution in [0.25, 0.3) is 0 Å². The first-order chi connectivity index (χ1) is 15.9. The zero-order chi connectivity index (χ0) is 23.0. The van der Waals surface area contributed by atoms with E-state index in [1.165, 1.54) is 16.4 Å². The SMILES string of the molecule is O=C(Nc1nnc(Cc2ccc3c(c2)OCO3)o1)C1CCCCN1S(=O)(=O)c1ccc(Cl)s1. The highest BCUT2D eigenvalue weighted by Gasteiger charge is 2.38. The van der Waals surface area contributed by atoms with Crippen LogP contribution in [0.2, 0.25) is 4.34 Å². The third-order valence-electron chi connectivity index (χ3n) is 5.36. The van der Waals surface area contributed by atoms with Crippen molar-refractivity contribution in [2.24, 2.45) is 0 Å². The first kappa shape index (κ1) is 22.1. The largest absolute Gasteiger partial charge is 0.454 e. The Labute approximate surface area is 198 Å². The number of halogens is 1. The van der Waals surface area contributed by atoms with Crippen molar-refractivity contribution in [2.45, 2.75) is 35.9 Å². The van der Waals surface area contributed by atoms with Gasteiger partial charge in [-0.1, -0.05) is 29.2 Å². The number of hydrogen-bond donors (Lipinski definition) is 1. The summed E-state index contributed by atoms with van der Waals surface area (Å²) in [6.45, 7) is 0.429. The maximum atomic E-state index is 13.1. The number of nitrogens with zero attached hydrogens (tertiary/aromatic N) is 3. The summed E-state index contributed by atoms with van der Waals surface area (Å²) in [6, 6.07) is 7.50. The third-order valence-corrected chi connectivity index (χ3v) is 8.96. The molecule has 1 unspecified atom stereocenters. The summed E-state index contributed by atoms with van der Waals surface area (Å²) in [4.78, 5) is 13.0. The Kier molecular flexibility index (Phi) is 5.99. The number of piperidine rings is 1. The number of hydrogen-bond acceptors (Lipinski definition) is 9. The van der Waals surface area contributed by atoms with E-state index in [2.05, 4.69) is 15.5 Å². The number of carbonyl (C=O) groups excluding carboxylic acids is 1. The van der Waals surface area contributed by atoms with Crippen molar-refractivity contribution >= 4 is 44.9 Å². The lowest BCUT2D eigenvalue weighted by Gasteiger charge is -2.32. The van der Waals surface area contributed by atoms with E-state index in [0.717, 1.165) is 23.3 Å². The van der Waals surface area contributed by atoms with E-state index in [0.29, 0.717) is 41.0 Å². The maximum Gasteiger partial charge on any atom is 0.322 e. The molecule has 1 N–H and O–H groups in total. The highest BCUT2D eigenvalue weighted by atomic mass is 35.5. The van der Waals surface area contributed by atoms with Gasteiger partial charge in [-0.05, 0) is 42.7 Å². The first-order valence-electron chi connectivity index (χ1n) is 10.2. The van der Waals surface area contributed by atoms with E-state index >= 15 is 0 Å². The van der Waals surface area contributed by atoms with Gasteiger partial charge in [-0.2, -0.15) is 4.31 Å². The van der Waals surface area contributed by atoms with Gasteiger partial charge in [0.2, 0.25) is 18.6 Å². The smallest absolute Gasteiger partial charge is 0.322 e. The number of amides is 1.